The summed E-state index contributed by atoms with van der Waals surface area (Å²) in [6.07, 6.45) is 4.88. The molecule has 6 heteroatoms. The highest BCUT2D eigenvalue weighted by Crippen LogP contribution is 2.44. The second-order valence-corrected chi connectivity index (χ2v) is 9.61. The third-order valence-electron chi connectivity index (χ3n) is 5.46. The molecule has 3 rings (SSSR count). The summed E-state index contributed by atoms with van der Waals surface area (Å²) in [4.78, 5) is 17.3. The first kappa shape index (κ1) is 22.0. The number of nitriles is 1. The van der Waals surface area contributed by atoms with Crippen LogP contribution in [0, 0.1) is 22.7 Å². The van der Waals surface area contributed by atoms with E-state index in [1.54, 1.807) is 36.6 Å². The average Bonchev–Trinajstić information content (AvgIpc) is 3.07. The van der Waals surface area contributed by atoms with Gasteiger partial charge in [-0.15, -0.1) is 11.3 Å². The Hall–Kier alpha value is -2.65. The summed E-state index contributed by atoms with van der Waals surface area (Å²) in [5.41, 5.74) is 3.10. The molecule has 0 saturated carbocycles. The zero-order valence-electron chi connectivity index (χ0n) is 18.0. The molecule has 1 aromatic carbocycles. The van der Waals surface area contributed by atoms with Crippen LogP contribution in [0.25, 0.3) is 0 Å². The fraction of sp³-hybridized carbons (Fsp3) is 0.458. The minimum absolute atomic E-state index is 0.108. The fourth-order valence-corrected chi connectivity index (χ4v) is 4.87. The molecule has 0 spiro atoms. The molecule has 1 aliphatic carbocycles. The molecule has 158 valence electrons. The largest absolute Gasteiger partial charge is 0.482 e. The first-order chi connectivity index (χ1) is 14.3. The number of thiophene rings is 1. The van der Waals surface area contributed by atoms with Gasteiger partial charge in [-0.25, -0.2) is 9.79 Å². The summed E-state index contributed by atoms with van der Waals surface area (Å²) in [6.45, 7) is 8.87. The molecule has 0 amide bonds. The number of hydrogen-bond acceptors (Lipinski definition) is 6. The second kappa shape index (κ2) is 9.44. The van der Waals surface area contributed by atoms with E-state index < -0.39 is 0 Å². The molecular formula is C24H28N2O3S. The summed E-state index contributed by atoms with van der Waals surface area (Å²) in [5.74, 6) is 0.842. The quantitative estimate of drug-likeness (QED) is 0.456. The van der Waals surface area contributed by atoms with E-state index in [0.717, 1.165) is 35.4 Å². The number of rotatable bonds is 6. The van der Waals surface area contributed by atoms with E-state index in [-0.39, 0.29) is 18.0 Å². The van der Waals surface area contributed by atoms with Crippen LogP contribution in [0.15, 0.2) is 29.3 Å². The lowest BCUT2D eigenvalue weighted by Crippen LogP contribution is -2.26. The Morgan fingerprint density at radius 1 is 1.33 bits per heavy atom. The van der Waals surface area contributed by atoms with Gasteiger partial charge in [-0.05, 0) is 72.9 Å². The first-order valence-electron chi connectivity index (χ1n) is 10.3. The lowest BCUT2D eigenvalue weighted by Gasteiger charge is -2.33. The highest BCUT2D eigenvalue weighted by atomic mass is 32.1. The molecule has 0 radical (unpaired) electrons. The third kappa shape index (κ3) is 5.28. The third-order valence-corrected chi connectivity index (χ3v) is 6.62. The Labute approximate surface area is 182 Å². The number of esters is 1. The van der Waals surface area contributed by atoms with Crippen molar-refractivity contribution in [2.75, 3.05) is 13.2 Å². The Balaban J connectivity index is 1.70. The standard InChI is InChI=1S/C24H28N2O3S/c1-5-28-22(27)15-29-18-9-6-16(7-10-18)14-26-23-20(13-25)19-11-8-17(24(2,3)4)12-21(19)30-23/h6-7,9-10,14,17H,5,8,11-12,15H2,1-4H3/t17-/m1/s1. The molecule has 5 nitrogen and oxygen atoms in total. The van der Waals surface area contributed by atoms with Gasteiger partial charge in [-0.2, -0.15) is 5.26 Å². The molecule has 1 aromatic heterocycles. The zero-order chi connectivity index (χ0) is 21.7. The highest BCUT2D eigenvalue weighted by molar-refractivity contribution is 7.16. The zero-order valence-corrected chi connectivity index (χ0v) is 18.8. The van der Waals surface area contributed by atoms with Crippen molar-refractivity contribution in [1.29, 1.82) is 5.26 Å². The predicted molar refractivity (Wildman–Crippen MR) is 120 cm³/mol. The number of aliphatic imine (C=N–C) groups is 1. The van der Waals surface area contributed by atoms with Gasteiger partial charge in [0.2, 0.25) is 0 Å². The van der Waals surface area contributed by atoms with E-state index in [1.807, 2.05) is 12.1 Å². The summed E-state index contributed by atoms with van der Waals surface area (Å²) >= 11 is 1.65. The predicted octanol–water partition coefficient (Wildman–Crippen LogP) is 5.46. The highest BCUT2D eigenvalue weighted by Gasteiger charge is 2.32. The Morgan fingerprint density at radius 3 is 2.70 bits per heavy atom. The summed E-state index contributed by atoms with van der Waals surface area (Å²) in [7, 11) is 0. The number of hydrogen-bond donors (Lipinski definition) is 0. The van der Waals surface area contributed by atoms with Gasteiger partial charge in [-0.3, -0.25) is 0 Å². The normalized spacial score (nSPS) is 16.2. The molecule has 0 saturated heterocycles. The molecule has 0 N–H and O–H groups in total. The van der Waals surface area contributed by atoms with Crippen LogP contribution in [-0.4, -0.2) is 25.4 Å². The number of carbonyl (C=O) groups is 1. The van der Waals surface area contributed by atoms with Crippen molar-refractivity contribution in [3.8, 4) is 11.8 Å². The summed E-state index contributed by atoms with van der Waals surface area (Å²) in [5, 5.41) is 10.5. The molecule has 30 heavy (non-hydrogen) atoms. The van der Waals surface area contributed by atoms with Crippen molar-refractivity contribution in [1.82, 2.24) is 0 Å². The van der Waals surface area contributed by atoms with Crippen LogP contribution >= 0.6 is 11.3 Å². The molecule has 2 aromatic rings. The van der Waals surface area contributed by atoms with Gasteiger partial charge in [-0.1, -0.05) is 20.8 Å². The molecule has 0 bridgehead atoms. The van der Waals surface area contributed by atoms with Gasteiger partial charge in [0, 0.05) is 11.1 Å². The number of ether oxygens (including phenoxy) is 2. The smallest absolute Gasteiger partial charge is 0.344 e. The van der Waals surface area contributed by atoms with Crippen LogP contribution in [-0.2, 0) is 22.4 Å². The lowest BCUT2D eigenvalue weighted by atomic mass is 9.72. The van der Waals surface area contributed by atoms with Crippen LogP contribution in [0.2, 0.25) is 0 Å². The van der Waals surface area contributed by atoms with Gasteiger partial charge >= 0.3 is 5.97 Å². The SMILES string of the molecule is CCOC(=O)COc1ccc(C=Nc2sc3c(c2C#N)CC[C@@H](C(C)(C)C)C3)cc1. The maximum atomic E-state index is 11.4. The van der Waals surface area contributed by atoms with Gasteiger partial charge in [0.25, 0.3) is 0 Å². The van der Waals surface area contributed by atoms with Crippen LogP contribution in [0.1, 0.15) is 55.7 Å². The molecule has 0 fully saturated rings. The molecule has 1 atom stereocenters. The first-order valence-corrected chi connectivity index (χ1v) is 11.1. The Kier molecular flexibility index (Phi) is 6.94. The van der Waals surface area contributed by atoms with E-state index in [0.29, 0.717) is 18.3 Å². The lowest BCUT2D eigenvalue weighted by molar-refractivity contribution is -0.145. The minimum atomic E-state index is -0.387. The van der Waals surface area contributed by atoms with E-state index in [2.05, 4.69) is 31.8 Å². The maximum Gasteiger partial charge on any atom is 0.344 e. The Morgan fingerprint density at radius 2 is 2.07 bits per heavy atom. The average molecular weight is 425 g/mol. The number of benzene rings is 1. The van der Waals surface area contributed by atoms with Crippen molar-refractivity contribution in [3.63, 3.8) is 0 Å². The molecular weight excluding hydrogens is 396 g/mol. The number of nitrogens with zero attached hydrogens (tertiary/aromatic N) is 2. The van der Waals surface area contributed by atoms with Crippen molar-refractivity contribution in [3.05, 3.63) is 45.8 Å². The molecule has 0 aliphatic heterocycles. The summed E-state index contributed by atoms with van der Waals surface area (Å²) in [6, 6.07) is 9.70. The Bertz CT molecular complexity index is 962. The van der Waals surface area contributed by atoms with Gasteiger partial charge < -0.3 is 9.47 Å². The molecule has 1 heterocycles. The molecule has 1 aliphatic rings. The van der Waals surface area contributed by atoms with Gasteiger partial charge in [0.1, 0.15) is 16.8 Å². The minimum Gasteiger partial charge on any atom is -0.482 e. The van der Waals surface area contributed by atoms with Gasteiger partial charge in [0.15, 0.2) is 6.61 Å². The van der Waals surface area contributed by atoms with Gasteiger partial charge in [0.05, 0.1) is 12.2 Å². The number of fused-ring (bicyclic) bond motifs is 1. The second-order valence-electron chi connectivity index (χ2n) is 8.52. The maximum absolute atomic E-state index is 11.4. The summed E-state index contributed by atoms with van der Waals surface area (Å²) < 4.78 is 10.3. The van der Waals surface area contributed by atoms with E-state index in [1.165, 1.54) is 10.4 Å². The van der Waals surface area contributed by atoms with Crippen molar-refractivity contribution in [2.45, 2.75) is 47.0 Å². The van der Waals surface area contributed by atoms with Crippen LogP contribution < -0.4 is 4.74 Å². The molecule has 0 unspecified atom stereocenters. The number of carbonyl (C=O) groups excluding carboxylic acids is 1. The topological polar surface area (TPSA) is 71.7 Å². The van der Waals surface area contributed by atoms with Crippen molar-refractivity contribution >= 4 is 28.5 Å². The van der Waals surface area contributed by atoms with E-state index in [4.69, 9.17) is 9.47 Å². The van der Waals surface area contributed by atoms with E-state index >= 15 is 0 Å². The van der Waals surface area contributed by atoms with E-state index in [9.17, 15) is 10.1 Å². The monoisotopic (exact) mass is 424 g/mol. The van der Waals surface area contributed by atoms with Crippen molar-refractivity contribution in [2.24, 2.45) is 16.3 Å². The van der Waals surface area contributed by atoms with Crippen LogP contribution in [0.4, 0.5) is 5.00 Å². The fourth-order valence-electron chi connectivity index (χ4n) is 3.65. The van der Waals surface area contributed by atoms with Crippen molar-refractivity contribution < 1.29 is 14.3 Å². The van der Waals surface area contributed by atoms with Crippen LogP contribution in [0.5, 0.6) is 5.75 Å². The van der Waals surface area contributed by atoms with Crippen LogP contribution in [0.3, 0.4) is 0 Å².